The lowest BCUT2D eigenvalue weighted by Crippen LogP contribution is -2.59. The van der Waals surface area contributed by atoms with Crippen LogP contribution in [0.25, 0.3) is 5.57 Å². The van der Waals surface area contributed by atoms with E-state index in [1.165, 1.54) is 6.04 Å². The summed E-state index contributed by atoms with van der Waals surface area (Å²) in [5.41, 5.74) is 2.38. The molecule has 0 aliphatic carbocycles. The van der Waals surface area contributed by atoms with E-state index in [1.54, 1.807) is 11.9 Å². The van der Waals surface area contributed by atoms with Crippen LogP contribution in [0.5, 0.6) is 0 Å². The highest BCUT2D eigenvalue weighted by Gasteiger charge is 2.49. The van der Waals surface area contributed by atoms with E-state index >= 15 is 4.39 Å². The molecule has 44 heavy (non-hydrogen) atoms. The maximum atomic E-state index is 15.9. The highest BCUT2D eigenvalue weighted by atomic mass is 28.4. The number of nitrogens with zero attached hydrogens (tertiary/aromatic N) is 3. The zero-order valence-electron chi connectivity index (χ0n) is 28.7. The Morgan fingerprint density at radius 3 is 2.20 bits per heavy atom. The van der Waals surface area contributed by atoms with E-state index in [-0.39, 0.29) is 11.1 Å². The van der Waals surface area contributed by atoms with Crippen LogP contribution in [0.4, 0.5) is 9.18 Å². The van der Waals surface area contributed by atoms with E-state index in [2.05, 4.69) is 88.7 Å². The first-order valence-electron chi connectivity index (χ1n) is 16.4. The molecule has 3 atom stereocenters. The fourth-order valence-corrected chi connectivity index (χ4v) is 8.46. The maximum Gasteiger partial charge on any atom is 0.321 e. The summed E-state index contributed by atoms with van der Waals surface area (Å²) in [7, 11) is -1.48. The molecule has 0 aromatic heterocycles. The summed E-state index contributed by atoms with van der Waals surface area (Å²) >= 11 is 0. The van der Waals surface area contributed by atoms with Crippen molar-refractivity contribution in [1.82, 2.24) is 14.7 Å². The maximum absolute atomic E-state index is 15.9. The van der Waals surface area contributed by atoms with Crippen molar-refractivity contribution in [3.63, 3.8) is 0 Å². The van der Waals surface area contributed by atoms with Crippen LogP contribution in [-0.2, 0) is 9.96 Å². The van der Waals surface area contributed by atoms with Crippen molar-refractivity contribution in [3.05, 3.63) is 77.9 Å². The van der Waals surface area contributed by atoms with Gasteiger partial charge in [0.15, 0.2) is 8.32 Å². The summed E-state index contributed by atoms with van der Waals surface area (Å²) < 4.78 is 22.8. The van der Waals surface area contributed by atoms with Gasteiger partial charge in [-0.3, -0.25) is 0 Å². The van der Waals surface area contributed by atoms with Gasteiger partial charge in [-0.2, -0.15) is 0 Å². The van der Waals surface area contributed by atoms with Gasteiger partial charge in [-0.05, 0) is 60.3 Å². The molecule has 2 aliphatic heterocycles. The Morgan fingerprint density at radius 1 is 1.02 bits per heavy atom. The molecule has 0 N–H and O–H groups in total. The normalized spacial score (nSPS) is 23.5. The van der Waals surface area contributed by atoms with E-state index in [9.17, 15) is 4.79 Å². The molecule has 4 rings (SSSR count). The number of rotatable bonds is 10. The highest BCUT2D eigenvalue weighted by Crippen LogP contribution is 2.44. The monoisotopic (exact) mass is 637 g/mol. The van der Waals surface area contributed by atoms with Gasteiger partial charge in [-0.15, -0.1) is 0 Å². The first kappa shape index (κ1) is 34.6. The molecule has 0 saturated carbocycles. The van der Waals surface area contributed by atoms with Crippen molar-refractivity contribution in [3.8, 4) is 0 Å². The molecule has 0 spiro atoms. The Hall–Kier alpha value is -2.27. The molecule has 2 heterocycles. The third kappa shape index (κ3) is 7.92. The molecule has 2 aliphatic rings. The first-order valence-corrected chi connectivity index (χ1v) is 23.0. The third-order valence-electron chi connectivity index (χ3n) is 10.1. The van der Waals surface area contributed by atoms with Crippen molar-refractivity contribution in [2.45, 2.75) is 95.2 Å². The van der Waals surface area contributed by atoms with Crippen LogP contribution in [0, 0.1) is 0 Å². The minimum absolute atomic E-state index is 0.0194. The molecule has 0 bridgehead atoms. The molecule has 0 radical (unpaired) electrons. The lowest BCUT2D eigenvalue weighted by Gasteiger charge is -2.46. The van der Waals surface area contributed by atoms with Crippen molar-refractivity contribution < 1.29 is 13.6 Å². The number of amides is 2. The molecule has 2 aromatic carbocycles. The lowest BCUT2D eigenvalue weighted by molar-refractivity contribution is 0.0366. The van der Waals surface area contributed by atoms with Crippen molar-refractivity contribution in [2.75, 3.05) is 39.8 Å². The van der Waals surface area contributed by atoms with Crippen LogP contribution in [-0.4, -0.2) is 89.2 Å². The fourth-order valence-electron chi connectivity index (χ4n) is 6.22. The SMILES string of the molecule is CN(C(=O)N1CC(c2ccccc2)=C[C@@]1(CO[Si](C)(C)C(C)(C)C)c1ccccc1)C1CCN(CCC[Si](C)(C)C)CC1F. The van der Waals surface area contributed by atoms with Crippen molar-refractivity contribution in [2.24, 2.45) is 0 Å². The molecule has 2 aromatic rings. The second-order valence-corrected chi connectivity index (χ2v) is 26.1. The number of piperidine rings is 1. The summed E-state index contributed by atoms with van der Waals surface area (Å²) in [6.07, 6.45) is 2.92. The minimum atomic E-state index is -2.16. The molecule has 5 nitrogen and oxygen atoms in total. The Labute approximate surface area is 268 Å². The highest BCUT2D eigenvalue weighted by molar-refractivity contribution is 6.76. The Balaban J connectivity index is 1.64. The van der Waals surface area contributed by atoms with Gasteiger partial charge in [0.2, 0.25) is 0 Å². The summed E-state index contributed by atoms with van der Waals surface area (Å²) in [5.74, 6) is 0. The van der Waals surface area contributed by atoms with Crippen LogP contribution in [0.3, 0.4) is 0 Å². The Kier molecular flexibility index (Phi) is 10.7. The van der Waals surface area contributed by atoms with Crippen molar-refractivity contribution in [1.29, 1.82) is 0 Å². The molecule has 242 valence electrons. The fraction of sp³-hybridized carbons (Fsp3) is 0.583. The van der Waals surface area contributed by atoms with Crippen LogP contribution in [0.15, 0.2) is 66.7 Å². The largest absolute Gasteiger partial charge is 0.414 e. The lowest BCUT2D eigenvalue weighted by atomic mass is 9.89. The zero-order valence-corrected chi connectivity index (χ0v) is 30.7. The second kappa shape index (κ2) is 13.6. The van der Waals surface area contributed by atoms with E-state index in [1.807, 2.05) is 41.3 Å². The standard InChI is InChI=1S/C36H56FN3O2Si2/c1-35(2,3)44(8,9)42-28-36(31-19-14-11-15-20-31)25-30(29-17-12-10-13-18-29)26-40(36)34(41)38(4)33-21-23-39(27-32(33)37)22-16-24-43(5,6)7/h10-15,17-20,25,32-33H,16,21-24,26-28H2,1-9H3/t32?,33?,36-/m1/s1. The van der Waals surface area contributed by atoms with Gasteiger partial charge >= 0.3 is 6.03 Å². The molecule has 1 saturated heterocycles. The van der Waals surface area contributed by atoms with Gasteiger partial charge in [-0.25, -0.2) is 9.18 Å². The number of benzene rings is 2. The van der Waals surface area contributed by atoms with Gasteiger partial charge in [-0.1, -0.05) is 107 Å². The van der Waals surface area contributed by atoms with E-state index in [0.29, 0.717) is 26.1 Å². The Morgan fingerprint density at radius 2 is 1.64 bits per heavy atom. The molecule has 2 unspecified atom stereocenters. The first-order chi connectivity index (χ1) is 20.5. The van der Waals surface area contributed by atoms with Crippen LogP contribution in [0.1, 0.15) is 44.7 Å². The summed E-state index contributed by atoms with van der Waals surface area (Å²) in [6.45, 7) is 21.3. The van der Waals surface area contributed by atoms with E-state index < -0.39 is 34.1 Å². The zero-order chi connectivity index (χ0) is 32.3. The van der Waals surface area contributed by atoms with Gasteiger partial charge in [0, 0.05) is 34.8 Å². The molecular weight excluding hydrogens is 582 g/mol. The third-order valence-corrected chi connectivity index (χ3v) is 16.5. The molecule has 8 heteroatoms. The number of carbonyl (C=O) groups excluding carboxylic acids is 1. The summed E-state index contributed by atoms with van der Waals surface area (Å²) in [6, 6.07) is 21.2. The number of likely N-dealkylation sites (tertiary alicyclic amines) is 1. The van der Waals surface area contributed by atoms with Crippen LogP contribution < -0.4 is 0 Å². The average Bonchev–Trinajstić information content (AvgIpc) is 3.36. The molecular formula is C36H56FN3O2Si2. The van der Waals surface area contributed by atoms with E-state index in [4.69, 9.17) is 4.43 Å². The van der Waals surface area contributed by atoms with Gasteiger partial charge in [0.25, 0.3) is 0 Å². The predicted octanol–water partition coefficient (Wildman–Crippen LogP) is 8.50. The topological polar surface area (TPSA) is 36.0 Å². The number of carbonyl (C=O) groups is 1. The molecule has 1 fully saturated rings. The average molecular weight is 638 g/mol. The summed E-state index contributed by atoms with van der Waals surface area (Å²) in [5, 5.41) is 0.0194. The molecule has 2 amide bonds. The van der Waals surface area contributed by atoms with Gasteiger partial charge in [0.1, 0.15) is 11.7 Å². The Bertz CT molecular complexity index is 1280. The smallest absolute Gasteiger partial charge is 0.321 e. The van der Waals surface area contributed by atoms with Crippen LogP contribution >= 0.6 is 0 Å². The number of urea groups is 1. The predicted molar refractivity (Wildman–Crippen MR) is 188 cm³/mol. The number of hydrogen-bond acceptors (Lipinski definition) is 3. The number of hydrogen-bond donors (Lipinski definition) is 0. The number of halogens is 1. The van der Waals surface area contributed by atoms with Crippen molar-refractivity contribution >= 4 is 28.0 Å². The van der Waals surface area contributed by atoms with Gasteiger partial charge in [0.05, 0.1) is 12.6 Å². The van der Waals surface area contributed by atoms with Gasteiger partial charge < -0.3 is 19.1 Å². The second-order valence-electron chi connectivity index (χ2n) is 15.7. The number of alkyl halides is 1. The van der Waals surface area contributed by atoms with Crippen LogP contribution in [0.2, 0.25) is 43.8 Å². The summed E-state index contributed by atoms with van der Waals surface area (Å²) in [4.78, 5) is 20.5. The van der Waals surface area contributed by atoms with E-state index in [0.717, 1.165) is 36.2 Å². The minimum Gasteiger partial charge on any atom is -0.414 e. The quantitative estimate of drug-likeness (QED) is 0.245.